The normalized spacial score (nSPS) is 13.7. The number of benzene rings is 1. The van der Waals surface area contributed by atoms with Crippen LogP contribution in [0.1, 0.15) is 35.5 Å². The Hall–Kier alpha value is -2.65. The Bertz CT molecular complexity index is 1080. The van der Waals surface area contributed by atoms with E-state index in [1.165, 1.54) is 17.7 Å². The van der Waals surface area contributed by atoms with Crippen LogP contribution in [0.4, 0.5) is 0 Å². The molecule has 1 saturated carbocycles. The summed E-state index contributed by atoms with van der Waals surface area (Å²) in [6.45, 7) is 0. The molecule has 29 heavy (non-hydrogen) atoms. The van der Waals surface area contributed by atoms with E-state index >= 15 is 0 Å². The quantitative estimate of drug-likeness (QED) is 0.381. The fraction of sp³-hybridized carbons (Fsp3) is 0.300. The second kappa shape index (κ2) is 8.00. The Balaban J connectivity index is 1.29. The molecule has 0 N–H and O–H groups in total. The Morgan fingerprint density at radius 3 is 2.79 bits per heavy atom. The molecule has 0 saturated heterocycles. The van der Waals surface area contributed by atoms with Gasteiger partial charge in [-0.3, -0.25) is 0 Å². The molecule has 0 atom stereocenters. The Labute approximate surface area is 176 Å². The van der Waals surface area contributed by atoms with Crippen molar-refractivity contribution in [1.29, 1.82) is 0 Å². The lowest BCUT2D eigenvalue weighted by Gasteiger charge is -2.07. The summed E-state index contributed by atoms with van der Waals surface area (Å²) in [7, 11) is 1.64. The van der Waals surface area contributed by atoms with Crippen LogP contribution in [0, 0.1) is 0 Å². The van der Waals surface area contributed by atoms with Gasteiger partial charge in [0, 0.05) is 22.9 Å². The molecule has 0 amide bonds. The summed E-state index contributed by atoms with van der Waals surface area (Å²) >= 11 is 3.34. The van der Waals surface area contributed by atoms with Crippen molar-refractivity contribution in [2.75, 3.05) is 7.11 Å². The topological polar surface area (TPSA) is 78.9 Å². The van der Waals surface area contributed by atoms with Crippen molar-refractivity contribution in [3.8, 4) is 17.1 Å². The molecular formula is C20H19N5O2S2. The van der Waals surface area contributed by atoms with Crippen LogP contribution in [-0.4, -0.2) is 32.0 Å². The molecule has 1 aliphatic rings. The highest BCUT2D eigenvalue weighted by Crippen LogP contribution is 2.39. The fourth-order valence-electron chi connectivity index (χ4n) is 3.09. The first-order valence-electron chi connectivity index (χ1n) is 9.36. The molecule has 0 spiro atoms. The van der Waals surface area contributed by atoms with Crippen molar-refractivity contribution in [3.63, 3.8) is 0 Å². The molecule has 0 radical (unpaired) electrons. The SMILES string of the molecule is COc1ccc(-c2noc(CSc3nnc(Cc4cccs4)n3C3CC3)n2)cc1. The standard InChI is InChI=1S/C20H19N5O2S2/c1-26-15-8-4-13(5-9-15)19-21-18(27-24-19)12-29-20-23-22-17(25(20)14-6-7-14)11-16-3-2-10-28-16/h2-5,8-10,14H,6-7,11-12H2,1H3. The van der Waals surface area contributed by atoms with Crippen LogP contribution in [0.5, 0.6) is 5.75 Å². The number of aromatic nitrogens is 5. The monoisotopic (exact) mass is 425 g/mol. The van der Waals surface area contributed by atoms with Gasteiger partial charge >= 0.3 is 0 Å². The van der Waals surface area contributed by atoms with E-state index in [9.17, 15) is 0 Å². The van der Waals surface area contributed by atoms with E-state index < -0.39 is 0 Å². The van der Waals surface area contributed by atoms with Crippen molar-refractivity contribution >= 4 is 23.1 Å². The predicted octanol–water partition coefficient (Wildman–Crippen LogP) is 4.62. The zero-order valence-electron chi connectivity index (χ0n) is 15.8. The van der Waals surface area contributed by atoms with E-state index in [-0.39, 0.29) is 0 Å². The van der Waals surface area contributed by atoms with Crippen LogP contribution in [0.3, 0.4) is 0 Å². The van der Waals surface area contributed by atoms with Crippen LogP contribution < -0.4 is 4.74 Å². The zero-order chi connectivity index (χ0) is 19.6. The van der Waals surface area contributed by atoms with E-state index in [1.807, 2.05) is 24.3 Å². The number of nitrogens with zero attached hydrogens (tertiary/aromatic N) is 5. The lowest BCUT2D eigenvalue weighted by atomic mass is 10.2. The number of thioether (sulfide) groups is 1. The molecule has 1 fully saturated rings. The summed E-state index contributed by atoms with van der Waals surface area (Å²) in [4.78, 5) is 5.82. The Morgan fingerprint density at radius 2 is 2.07 bits per heavy atom. The molecule has 1 aromatic carbocycles. The van der Waals surface area contributed by atoms with Crippen LogP contribution in [0.15, 0.2) is 51.5 Å². The van der Waals surface area contributed by atoms with Gasteiger partial charge in [-0.2, -0.15) is 4.98 Å². The van der Waals surface area contributed by atoms with Gasteiger partial charge in [0.25, 0.3) is 0 Å². The first-order chi connectivity index (χ1) is 14.3. The summed E-state index contributed by atoms with van der Waals surface area (Å²) in [6.07, 6.45) is 3.19. The minimum absolute atomic E-state index is 0.514. The number of ether oxygens (including phenoxy) is 1. The van der Waals surface area contributed by atoms with Crippen LogP contribution in [0.2, 0.25) is 0 Å². The van der Waals surface area contributed by atoms with E-state index in [4.69, 9.17) is 9.26 Å². The van der Waals surface area contributed by atoms with Gasteiger partial charge in [-0.15, -0.1) is 21.5 Å². The van der Waals surface area contributed by atoms with Crippen LogP contribution in [0.25, 0.3) is 11.4 Å². The summed E-state index contributed by atoms with van der Waals surface area (Å²) in [6, 6.07) is 12.3. The van der Waals surface area contributed by atoms with Gasteiger partial charge < -0.3 is 13.8 Å². The van der Waals surface area contributed by atoms with Crippen LogP contribution in [-0.2, 0) is 12.2 Å². The van der Waals surface area contributed by atoms with E-state index in [0.717, 1.165) is 28.7 Å². The third-order valence-electron chi connectivity index (χ3n) is 4.70. The second-order valence-corrected chi connectivity index (χ2v) is 8.76. The van der Waals surface area contributed by atoms with Crippen molar-refractivity contribution in [1.82, 2.24) is 24.9 Å². The van der Waals surface area contributed by atoms with E-state index in [0.29, 0.717) is 23.5 Å². The maximum atomic E-state index is 5.44. The maximum Gasteiger partial charge on any atom is 0.237 e. The summed E-state index contributed by atoms with van der Waals surface area (Å²) in [5.74, 6) is 3.54. The average molecular weight is 426 g/mol. The van der Waals surface area contributed by atoms with Crippen LogP contribution >= 0.6 is 23.1 Å². The molecule has 0 aliphatic heterocycles. The molecule has 5 rings (SSSR count). The number of hydrogen-bond donors (Lipinski definition) is 0. The van der Waals surface area contributed by atoms with Gasteiger partial charge in [-0.05, 0) is 48.6 Å². The van der Waals surface area contributed by atoms with Gasteiger partial charge in [0.2, 0.25) is 11.7 Å². The molecule has 0 bridgehead atoms. The van der Waals surface area contributed by atoms with Gasteiger partial charge in [-0.1, -0.05) is 23.0 Å². The predicted molar refractivity (Wildman–Crippen MR) is 111 cm³/mol. The van der Waals surface area contributed by atoms with E-state index in [1.54, 1.807) is 30.2 Å². The second-order valence-electron chi connectivity index (χ2n) is 6.79. The third kappa shape index (κ3) is 4.06. The summed E-state index contributed by atoms with van der Waals surface area (Å²) in [5.41, 5.74) is 0.894. The van der Waals surface area contributed by atoms with Crippen molar-refractivity contribution in [3.05, 3.63) is 58.4 Å². The molecule has 7 nitrogen and oxygen atoms in total. The van der Waals surface area contributed by atoms with Crippen molar-refractivity contribution < 1.29 is 9.26 Å². The Kier molecular flexibility index (Phi) is 5.07. The highest BCUT2D eigenvalue weighted by atomic mass is 32.2. The van der Waals surface area contributed by atoms with Gasteiger partial charge in [-0.25, -0.2) is 0 Å². The summed E-state index contributed by atoms with van der Waals surface area (Å²) in [5, 5.41) is 16.0. The first kappa shape index (κ1) is 18.4. The fourth-order valence-corrected chi connectivity index (χ4v) is 4.66. The van der Waals surface area contributed by atoms with Crippen molar-refractivity contribution in [2.45, 2.75) is 36.2 Å². The number of hydrogen-bond acceptors (Lipinski definition) is 8. The van der Waals surface area contributed by atoms with Gasteiger partial charge in [0.05, 0.1) is 12.9 Å². The van der Waals surface area contributed by atoms with E-state index in [2.05, 4.69) is 42.4 Å². The molecule has 1 aliphatic carbocycles. The number of thiophene rings is 1. The molecule has 148 valence electrons. The van der Waals surface area contributed by atoms with Gasteiger partial charge in [0.1, 0.15) is 11.6 Å². The highest BCUT2D eigenvalue weighted by Gasteiger charge is 2.30. The minimum atomic E-state index is 0.514. The van der Waals surface area contributed by atoms with Crippen molar-refractivity contribution in [2.24, 2.45) is 0 Å². The lowest BCUT2D eigenvalue weighted by molar-refractivity contribution is 0.391. The molecule has 4 aromatic rings. The highest BCUT2D eigenvalue weighted by molar-refractivity contribution is 7.98. The Morgan fingerprint density at radius 1 is 1.21 bits per heavy atom. The first-order valence-corrected chi connectivity index (χ1v) is 11.2. The van der Waals surface area contributed by atoms with Gasteiger partial charge in [0.15, 0.2) is 5.16 Å². The molecule has 3 aromatic heterocycles. The average Bonchev–Trinajstić information content (AvgIpc) is 3.13. The third-order valence-corrected chi connectivity index (χ3v) is 6.50. The molecule has 9 heteroatoms. The lowest BCUT2D eigenvalue weighted by Crippen LogP contribution is -2.03. The maximum absolute atomic E-state index is 5.44. The molecular weight excluding hydrogens is 406 g/mol. The number of rotatable bonds is 8. The number of methoxy groups -OCH3 is 1. The minimum Gasteiger partial charge on any atom is -0.497 e. The zero-order valence-corrected chi connectivity index (χ0v) is 17.4. The largest absolute Gasteiger partial charge is 0.497 e. The smallest absolute Gasteiger partial charge is 0.237 e. The molecule has 3 heterocycles. The molecule has 0 unspecified atom stereocenters. The summed E-state index contributed by atoms with van der Waals surface area (Å²) < 4.78 is 12.9.